The third-order valence-electron chi connectivity index (χ3n) is 8.72. The molecule has 1 aliphatic carbocycles. The molecule has 278 valence electrons. The number of nitrogens with two attached hydrogens (primary N) is 2. The Labute approximate surface area is 309 Å². The lowest BCUT2D eigenvalue weighted by molar-refractivity contribution is -0.613. The molecule has 6 N–H and O–H groups in total. The van der Waals surface area contributed by atoms with E-state index in [0.717, 1.165) is 5.69 Å². The Morgan fingerprint density at radius 2 is 1.34 bits per heavy atom. The van der Waals surface area contributed by atoms with E-state index >= 15 is 0 Å². The van der Waals surface area contributed by atoms with Gasteiger partial charge in [-0.2, -0.15) is 21.4 Å². The molecule has 4 aromatic rings. The third kappa shape index (κ3) is 8.89. The van der Waals surface area contributed by atoms with Crippen LogP contribution in [-0.2, 0) is 42.7 Å². The van der Waals surface area contributed by atoms with Gasteiger partial charge in [0, 0.05) is 36.5 Å². The first-order valence-electron chi connectivity index (χ1n) is 16.2. The van der Waals surface area contributed by atoms with Crippen LogP contribution in [0.15, 0.2) is 142 Å². The Morgan fingerprint density at radius 3 is 1.91 bits per heavy atom. The van der Waals surface area contributed by atoms with Crippen LogP contribution in [0.2, 0.25) is 0 Å². The van der Waals surface area contributed by atoms with Gasteiger partial charge in [0.2, 0.25) is 5.71 Å². The summed E-state index contributed by atoms with van der Waals surface area (Å²) in [6.07, 6.45) is 6.87. The van der Waals surface area contributed by atoms with E-state index in [1.54, 1.807) is 72.2 Å². The van der Waals surface area contributed by atoms with Gasteiger partial charge < -0.3 is 9.45 Å². The monoisotopic (exact) mass is 778 g/mol. The highest BCUT2D eigenvalue weighted by molar-refractivity contribution is 7.86. The van der Waals surface area contributed by atoms with E-state index in [1.807, 2.05) is 24.0 Å². The molecular formula is C37H38N4O9S3. The maximum Gasteiger partial charge on any atom is 0.297 e. The Morgan fingerprint density at radius 1 is 0.755 bits per heavy atom. The highest BCUT2D eigenvalue weighted by atomic mass is 32.2. The SMILES string of the molecule is CCN(Cc1cccc(S(=O)(=O)O)c1)c1ccc(C(=C2C=CC(=[N+](CC)C(N)(N)c3cccc(S(=O)(=O)O)c3)C=C2)c2ccccc2S(=O)(=O)[O-])cc1. The zero-order chi connectivity index (χ0) is 38.8. The molecule has 0 amide bonds. The molecule has 1 aliphatic rings. The van der Waals surface area contributed by atoms with Crippen LogP contribution in [0.5, 0.6) is 0 Å². The predicted molar refractivity (Wildman–Crippen MR) is 200 cm³/mol. The fourth-order valence-electron chi connectivity index (χ4n) is 6.15. The first kappa shape index (κ1) is 39.4. The van der Waals surface area contributed by atoms with Gasteiger partial charge in [0.25, 0.3) is 26.0 Å². The van der Waals surface area contributed by atoms with Crippen molar-refractivity contribution in [3.63, 3.8) is 0 Å². The molecular weight excluding hydrogens is 741 g/mol. The van der Waals surface area contributed by atoms with E-state index < -0.39 is 41.0 Å². The van der Waals surface area contributed by atoms with Crippen molar-refractivity contribution in [2.45, 2.75) is 40.9 Å². The van der Waals surface area contributed by atoms with E-state index in [-0.39, 0.29) is 27.5 Å². The second-order valence-electron chi connectivity index (χ2n) is 12.1. The van der Waals surface area contributed by atoms with Crippen LogP contribution in [0.25, 0.3) is 5.57 Å². The van der Waals surface area contributed by atoms with Crippen molar-refractivity contribution in [3.8, 4) is 0 Å². The second kappa shape index (κ2) is 15.3. The maximum atomic E-state index is 12.5. The van der Waals surface area contributed by atoms with Crippen molar-refractivity contribution in [2.24, 2.45) is 11.5 Å². The Hall–Kier alpha value is -4.78. The summed E-state index contributed by atoms with van der Waals surface area (Å²) in [5.74, 6) is -1.72. The normalized spacial score (nSPS) is 13.6. The summed E-state index contributed by atoms with van der Waals surface area (Å²) >= 11 is 0. The molecule has 0 bridgehead atoms. The van der Waals surface area contributed by atoms with Crippen LogP contribution >= 0.6 is 0 Å². The second-order valence-corrected chi connectivity index (χ2v) is 16.3. The van der Waals surface area contributed by atoms with Crippen LogP contribution in [0.4, 0.5) is 5.69 Å². The van der Waals surface area contributed by atoms with Crippen molar-refractivity contribution < 1.29 is 43.5 Å². The van der Waals surface area contributed by atoms with E-state index in [9.17, 15) is 38.9 Å². The molecule has 0 radical (unpaired) electrons. The number of nitrogens with zero attached hydrogens (tertiary/aromatic N) is 2. The number of hydrogen-bond donors (Lipinski definition) is 4. The molecule has 5 rings (SSSR count). The van der Waals surface area contributed by atoms with Crippen LogP contribution in [-0.4, -0.2) is 62.3 Å². The first-order valence-corrected chi connectivity index (χ1v) is 20.5. The number of hydrogen-bond acceptors (Lipinski definition) is 10. The predicted octanol–water partition coefficient (Wildman–Crippen LogP) is 4.24. The minimum absolute atomic E-state index is 0.179. The van der Waals surface area contributed by atoms with Gasteiger partial charge in [0.15, 0.2) is 0 Å². The topological polar surface area (TPSA) is 224 Å². The van der Waals surface area contributed by atoms with Gasteiger partial charge in [-0.3, -0.25) is 20.6 Å². The molecule has 53 heavy (non-hydrogen) atoms. The van der Waals surface area contributed by atoms with Crippen molar-refractivity contribution in [2.75, 3.05) is 18.0 Å². The lowest BCUT2D eigenvalue weighted by Gasteiger charge is -2.25. The summed E-state index contributed by atoms with van der Waals surface area (Å²) in [4.78, 5) is 0.991. The average Bonchev–Trinajstić information content (AvgIpc) is 3.11. The van der Waals surface area contributed by atoms with Gasteiger partial charge in [-0.05, 0) is 96.8 Å². The molecule has 0 unspecified atom stereocenters. The fraction of sp³-hybridized carbons (Fsp3) is 0.162. The van der Waals surface area contributed by atoms with Gasteiger partial charge in [0.05, 0.1) is 20.2 Å². The van der Waals surface area contributed by atoms with E-state index in [4.69, 9.17) is 11.5 Å². The van der Waals surface area contributed by atoms with Crippen LogP contribution in [0.3, 0.4) is 0 Å². The third-order valence-corrected chi connectivity index (χ3v) is 11.3. The van der Waals surface area contributed by atoms with E-state index in [2.05, 4.69) is 0 Å². The molecule has 0 fully saturated rings. The van der Waals surface area contributed by atoms with Crippen molar-refractivity contribution in [3.05, 3.63) is 149 Å². The molecule has 16 heteroatoms. The summed E-state index contributed by atoms with van der Waals surface area (Å²) in [5.41, 5.74) is 17.1. The highest BCUT2D eigenvalue weighted by Crippen LogP contribution is 2.35. The lowest BCUT2D eigenvalue weighted by Crippen LogP contribution is -2.57. The first-order chi connectivity index (χ1) is 24.8. The summed E-state index contributed by atoms with van der Waals surface area (Å²) in [7, 11) is -13.8. The van der Waals surface area contributed by atoms with Crippen molar-refractivity contribution >= 4 is 47.3 Å². The zero-order valence-corrected chi connectivity index (χ0v) is 31.1. The molecule has 0 spiro atoms. The molecule has 0 saturated heterocycles. The van der Waals surface area contributed by atoms with Gasteiger partial charge in [-0.15, -0.1) is 0 Å². The highest BCUT2D eigenvalue weighted by Gasteiger charge is 2.36. The molecule has 4 aromatic carbocycles. The van der Waals surface area contributed by atoms with Crippen LogP contribution in [0, 0.1) is 0 Å². The number of allylic oxidation sites excluding steroid dienone is 5. The Kier molecular flexibility index (Phi) is 11.4. The van der Waals surface area contributed by atoms with Gasteiger partial charge in [-0.1, -0.05) is 48.5 Å². The molecule has 0 aromatic heterocycles. The molecule has 0 atom stereocenters. The van der Waals surface area contributed by atoms with E-state index in [0.29, 0.717) is 41.1 Å². The maximum absolute atomic E-state index is 12.5. The molecule has 0 aliphatic heterocycles. The van der Waals surface area contributed by atoms with Crippen molar-refractivity contribution in [1.82, 2.24) is 0 Å². The minimum Gasteiger partial charge on any atom is -0.744 e. The van der Waals surface area contributed by atoms with Gasteiger partial charge in [0.1, 0.15) is 16.7 Å². The number of anilines is 1. The van der Waals surface area contributed by atoms with Crippen LogP contribution in [0.1, 0.15) is 36.1 Å². The quantitative estimate of drug-likeness (QED) is 0.0901. The van der Waals surface area contributed by atoms with Gasteiger partial charge in [-0.25, -0.2) is 8.42 Å². The largest absolute Gasteiger partial charge is 0.744 e. The standard InChI is InChI=1S/C37H38N4O9S3/c1-3-40(25-26-9-7-11-32(23-26)51(42,43)44)30-19-15-27(16-20-30)36(34-13-5-6-14-35(34)53(48,49)50)28-17-21-31(22-18-28)41(4-2)37(38,39)29-10-8-12-33(24-29)52(45,46)47/h5-24H,3-4,25,38-39H2,1-2H3,(H2-,42,43,44,45,46,47,48,49,50). The zero-order valence-electron chi connectivity index (χ0n) is 28.7. The summed E-state index contributed by atoms with van der Waals surface area (Å²) in [6, 6.07) is 24.5. The average molecular weight is 779 g/mol. The molecule has 0 heterocycles. The number of rotatable bonds is 12. The number of benzene rings is 4. The summed E-state index contributed by atoms with van der Waals surface area (Å²) in [5, 5.41) is 0. The minimum atomic E-state index is -4.90. The summed E-state index contributed by atoms with van der Waals surface area (Å²) < 4.78 is 105. The van der Waals surface area contributed by atoms with Gasteiger partial charge >= 0.3 is 0 Å². The Bertz CT molecular complexity index is 2490. The molecule has 13 nitrogen and oxygen atoms in total. The smallest absolute Gasteiger partial charge is 0.297 e. The summed E-state index contributed by atoms with van der Waals surface area (Å²) in [6.45, 7) is 4.88. The molecule has 0 saturated carbocycles. The van der Waals surface area contributed by atoms with E-state index in [1.165, 1.54) is 48.5 Å². The lowest BCUT2D eigenvalue weighted by atomic mass is 9.90. The van der Waals surface area contributed by atoms with Crippen molar-refractivity contribution in [1.29, 1.82) is 0 Å². The van der Waals surface area contributed by atoms with Crippen LogP contribution < -0.4 is 16.4 Å². The Balaban J connectivity index is 1.59. The fourth-order valence-corrected chi connectivity index (χ4v) is 7.91.